The SMILES string of the molecule is C=C/C(=C\C=C\n1nc2ccc(N(/C=C/C)c3ccc(-c4ccccc4)cc3)cc2n1)c1ccccc1. The molecule has 1 heterocycles. The Morgan fingerprint density at radius 2 is 1.41 bits per heavy atom. The van der Waals surface area contributed by atoms with Crippen LogP contribution in [0, 0.1) is 0 Å². The van der Waals surface area contributed by atoms with Gasteiger partial charge in [0.1, 0.15) is 11.0 Å². The minimum Gasteiger partial charge on any atom is -0.317 e. The molecule has 5 rings (SSSR count). The molecule has 0 aliphatic heterocycles. The van der Waals surface area contributed by atoms with E-state index in [1.165, 1.54) is 11.1 Å². The topological polar surface area (TPSA) is 34.0 Å². The second kappa shape index (κ2) is 11.2. The van der Waals surface area contributed by atoms with Crippen LogP contribution in [0.3, 0.4) is 0 Å². The van der Waals surface area contributed by atoms with E-state index in [-0.39, 0.29) is 0 Å². The van der Waals surface area contributed by atoms with Gasteiger partial charge in [-0.2, -0.15) is 4.80 Å². The molecule has 1 aromatic heterocycles. The van der Waals surface area contributed by atoms with Crippen LogP contribution in [0.1, 0.15) is 12.5 Å². The first-order chi connectivity index (χ1) is 18.2. The summed E-state index contributed by atoms with van der Waals surface area (Å²) < 4.78 is 0. The Morgan fingerprint density at radius 1 is 0.757 bits per heavy atom. The van der Waals surface area contributed by atoms with E-state index in [1.54, 1.807) is 4.80 Å². The van der Waals surface area contributed by atoms with Crippen LogP contribution < -0.4 is 4.90 Å². The molecule has 0 saturated heterocycles. The van der Waals surface area contributed by atoms with Gasteiger partial charge in [0.2, 0.25) is 0 Å². The molecule has 0 atom stereocenters. The molecule has 0 bridgehead atoms. The summed E-state index contributed by atoms with van der Waals surface area (Å²) in [6, 6.07) is 35.3. The Labute approximate surface area is 217 Å². The highest BCUT2D eigenvalue weighted by atomic mass is 15.5. The van der Waals surface area contributed by atoms with Gasteiger partial charge in [0, 0.05) is 23.8 Å². The third kappa shape index (κ3) is 5.49. The minimum absolute atomic E-state index is 0.827. The molecule has 4 nitrogen and oxygen atoms in total. The van der Waals surface area contributed by atoms with Crippen molar-refractivity contribution >= 4 is 34.2 Å². The Bertz CT molecular complexity index is 1570. The van der Waals surface area contributed by atoms with Crippen molar-refractivity contribution in [2.75, 3.05) is 4.90 Å². The highest BCUT2D eigenvalue weighted by Gasteiger charge is 2.10. The molecule has 0 N–H and O–H groups in total. The van der Waals surface area contributed by atoms with Crippen molar-refractivity contribution in [3.8, 4) is 11.1 Å². The maximum absolute atomic E-state index is 4.67. The van der Waals surface area contributed by atoms with Gasteiger partial charge in [0.25, 0.3) is 0 Å². The quantitative estimate of drug-likeness (QED) is 0.209. The van der Waals surface area contributed by atoms with Crippen molar-refractivity contribution in [2.45, 2.75) is 6.92 Å². The number of nitrogens with zero attached hydrogens (tertiary/aromatic N) is 4. The normalized spacial score (nSPS) is 12.0. The van der Waals surface area contributed by atoms with E-state index in [0.29, 0.717) is 0 Å². The van der Waals surface area contributed by atoms with Crippen LogP contribution >= 0.6 is 0 Å². The highest BCUT2D eigenvalue weighted by molar-refractivity contribution is 5.82. The van der Waals surface area contributed by atoms with Gasteiger partial charge in [-0.1, -0.05) is 97.6 Å². The lowest BCUT2D eigenvalue weighted by Gasteiger charge is -2.21. The van der Waals surface area contributed by atoms with Crippen molar-refractivity contribution in [1.29, 1.82) is 0 Å². The summed E-state index contributed by atoms with van der Waals surface area (Å²) >= 11 is 0. The number of hydrogen-bond donors (Lipinski definition) is 0. The van der Waals surface area contributed by atoms with Crippen LogP contribution in [-0.4, -0.2) is 15.0 Å². The molecule has 0 radical (unpaired) electrons. The van der Waals surface area contributed by atoms with Crippen LogP contribution in [0.5, 0.6) is 0 Å². The molecule has 5 aromatic rings. The average Bonchev–Trinajstić information content (AvgIpc) is 3.37. The Morgan fingerprint density at radius 3 is 2.11 bits per heavy atom. The number of anilines is 2. The summed E-state index contributed by atoms with van der Waals surface area (Å²) in [6.45, 7) is 5.95. The second-order valence-corrected chi connectivity index (χ2v) is 8.49. The molecule has 0 saturated carbocycles. The second-order valence-electron chi connectivity index (χ2n) is 8.49. The summed E-state index contributed by atoms with van der Waals surface area (Å²) in [5.41, 5.74) is 8.31. The van der Waals surface area contributed by atoms with Crippen LogP contribution in [0.4, 0.5) is 11.4 Å². The van der Waals surface area contributed by atoms with Gasteiger partial charge in [-0.25, -0.2) is 0 Å². The van der Waals surface area contributed by atoms with E-state index >= 15 is 0 Å². The first-order valence-corrected chi connectivity index (χ1v) is 12.3. The monoisotopic (exact) mass is 480 g/mol. The zero-order valence-corrected chi connectivity index (χ0v) is 20.8. The van der Waals surface area contributed by atoms with E-state index in [4.69, 9.17) is 0 Å². The van der Waals surface area contributed by atoms with Gasteiger partial charge in [-0.3, -0.25) is 0 Å². The predicted octanol–water partition coefficient (Wildman–Crippen LogP) is 8.51. The van der Waals surface area contributed by atoms with E-state index < -0.39 is 0 Å². The largest absolute Gasteiger partial charge is 0.317 e. The summed E-state index contributed by atoms with van der Waals surface area (Å²) in [4.78, 5) is 3.76. The number of fused-ring (bicyclic) bond motifs is 1. The maximum Gasteiger partial charge on any atom is 0.115 e. The van der Waals surface area contributed by atoms with Gasteiger partial charge in [-0.05, 0) is 65.6 Å². The molecule has 0 unspecified atom stereocenters. The lowest BCUT2D eigenvalue weighted by molar-refractivity contribution is 0.812. The molecule has 180 valence electrons. The number of allylic oxidation sites excluding steroid dienone is 5. The van der Waals surface area contributed by atoms with Crippen LogP contribution in [-0.2, 0) is 0 Å². The van der Waals surface area contributed by atoms with E-state index in [1.807, 2.05) is 67.8 Å². The van der Waals surface area contributed by atoms with Gasteiger partial charge in [0.15, 0.2) is 0 Å². The molecule has 37 heavy (non-hydrogen) atoms. The van der Waals surface area contributed by atoms with Crippen LogP contribution in [0.15, 0.2) is 140 Å². The number of hydrogen-bond acceptors (Lipinski definition) is 3. The van der Waals surface area contributed by atoms with E-state index in [2.05, 4.69) is 101 Å². The molecule has 4 aromatic carbocycles. The standard InChI is InChI=1S/C33H28N4/c1-3-23-36(30-19-17-29(18-20-30)28-14-9-6-10-15-28)31-21-22-32-33(25-31)35-37(34-32)24-11-16-26(4-2)27-12-7-5-8-13-27/h3-25H,2H2,1H3/b23-3+,24-11+,26-16+. The average molecular weight is 481 g/mol. The molecule has 4 heteroatoms. The van der Waals surface area contributed by atoms with Crippen molar-refractivity contribution in [2.24, 2.45) is 0 Å². The number of aromatic nitrogens is 3. The summed E-state index contributed by atoms with van der Waals surface area (Å²) in [6.07, 6.45) is 11.7. The molecular weight excluding hydrogens is 452 g/mol. The third-order valence-corrected chi connectivity index (χ3v) is 6.03. The molecule has 0 aliphatic carbocycles. The predicted molar refractivity (Wildman–Crippen MR) is 156 cm³/mol. The third-order valence-electron chi connectivity index (χ3n) is 6.03. The zero-order chi connectivity index (χ0) is 25.5. The molecule has 0 amide bonds. The van der Waals surface area contributed by atoms with Crippen molar-refractivity contribution in [3.63, 3.8) is 0 Å². The molecule has 0 fully saturated rings. The number of rotatable bonds is 8. The van der Waals surface area contributed by atoms with E-state index in [0.717, 1.165) is 33.5 Å². The summed E-state index contributed by atoms with van der Waals surface area (Å²) in [5.74, 6) is 0. The molecule has 0 aliphatic rings. The maximum atomic E-state index is 4.67. The van der Waals surface area contributed by atoms with Gasteiger partial charge < -0.3 is 4.90 Å². The van der Waals surface area contributed by atoms with Crippen LogP contribution in [0.25, 0.3) is 33.9 Å². The Kier molecular flexibility index (Phi) is 7.19. The fraction of sp³-hybridized carbons (Fsp3) is 0.0303. The molecule has 0 spiro atoms. The number of benzene rings is 4. The lowest BCUT2D eigenvalue weighted by atomic mass is 10.1. The summed E-state index contributed by atoms with van der Waals surface area (Å²) in [5, 5.41) is 9.27. The van der Waals surface area contributed by atoms with Gasteiger partial charge in [-0.15, -0.1) is 10.2 Å². The first kappa shape index (κ1) is 23.8. The van der Waals surface area contributed by atoms with Crippen molar-refractivity contribution in [3.05, 3.63) is 146 Å². The summed E-state index contributed by atoms with van der Waals surface area (Å²) in [7, 11) is 0. The Hall–Kier alpha value is -4.96. The Balaban J connectivity index is 1.39. The minimum atomic E-state index is 0.827. The smallest absolute Gasteiger partial charge is 0.115 e. The fourth-order valence-electron chi connectivity index (χ4n) is 4.19. The first-order valence-electron chi connectivity index (χ1n) is 12.3. The lowest BCUT2D eigenvalue weighted by Crippen LogP contribution is -2.08. The van der Waals surface area contributed by atoms with Gasteiger partial charge in [0.05, 0.1) is 0 Å². The fourth-order valence-corrected chi connectivity index (χ4v) is 4.19. The van der Waals surface area contributed by atoms with Crippen LogP contribution in [0.2, 0.25) is 0 Å². The zero-order valence-electron chi connectivity index (χ0n) is 20.8. The van der Waals surface area contributed by atoms with Crippen molar-refractivity contribution in [1.82, 2.24) is 15.0 Å². The molecular formula is C33H28N4. The van der Waals surface area contributed by atoms with Crippen molar-refractivity contribution < 1.29 is 0 Å². The highest BCUT2D eigenvalue weighted by Crippen LogP contribution is 2.30. The van der Waals surface area contributed by atoms with E-state index in [9.17, 15) is 0 Å². The van der Waals surface area contributed by atoms with Gasteiger partial charge >= 0.3 is 0 Å².